The van der Waals surface area contributed by atoms with Gasteiger partial charge in [0.1, 0.15) is 12.0 Å². The Morgan fingerprint density at radius 1 is 0.684 bits per heavy atom. The molecule has 2 saturated carbocycles. The molecule has 0 N–H and O–H groups in total. The molecule has 0 amide bonds. The summed E-state index contributed by atoms with van der Waals surface area (Å²) >= 11 is 0. The standard InChI is InChI=1S/C29H32O2P.C5H5.Fe/c1-20(2)22(5)28(23(6)21(3)4)31-29(30)26-18-13-19-27(26)32(24-14-9-7-10-15-24)25-16-11-8-12-17-25;1-2-4-5-3-1;/h7-21,28H,5-6H2,1-4H3;1-5H;. The summed E-state index contributed by atoms with van der Waals surface area (Å²) in [4.78, 5) is 13.5. The van der Waals surface area contributed by atoms with Gasteiger partial charge in [-0.25, -0.2) is 0 Å². The van der Waals surface area contributed by atoms with Crippen molar-refractivity contribution in [1.29, 1.82) is 0 Å². The van der Waals surface area contributed by atoms with Crippen molar-refractivity contribution in [3.63, 3.8) is 0 Å². The summed E-state index contributed by atoms with van der Waals surface area (Å²) < 4.78 is 6.08. The normalized spacial score (nSPS) is 15.9. The maximum Gasteiger partial charge on any atom is 0.315 e. The molecule has 0 unspecified atom stereocenters. The van der Waals surface area contributed by atoms with Crippen molar-refractivity contribution in [1.82, 2.24) is 0 Å². The van der Waals surface area contributed by atoms with Crippen LogP contribution >= 0.6 is 7.92 Å². The number of carbonyl (C=O) groups is 1. The Hall–Kier alpha value is -1.66. The fourth-order valence-corrected chi connectivity index (χ4v) is 6.28. The second kappa shape index (κ2) is 16.4. The molecule has 4 rings (SSSR count). The van der Waals surface area contributed by atoms with Crippen molar-refractivity contribution in [3.8, 4) is 0 Å². The average molecular weight is 564 g/mol. The van der Waals surface area contributed by atoms with E-state index in [1.807, 2.05) is 87.8 Å². The number of benzene rings is 2. The molecule has 0 atom stereocenters. The van der Waals surface area contributed by atoms with Crippen LogP contribution in [-0.4, -0.2) is 12.1 Å². The molecule has 4 heteroatoms. The first-order valence-corrected chi connectivity index (χ1v) is 14.1. The fourth-order valence-electron chi connectivity index (χ4n) is 3.85. The smallest absolute Gasteiger partial charge is 0.315 e. The Labute approximate surface area is 244 Å². The van der Waals surface area contributed by atoms with E-state index in [0.717, 1.165) is 16.8 Å². The van der Waals surface area contributed by atoms with Gasteiger partial charge in [0.25, 0.3) is 0 Å². The summed E-state index contributed by atoms with van der Waals surface area (Å²) in [7, 11) is -0.888. The summed E-state index contributed by atoms with van der Waals surface area (Å²) in [5.41, 5.74) is 2.75. The third-order valence-corrected chi connectivity index (χ3v) is 8.72. The van der Waals surface area contributed by atoms with Crippen molar-refractivity contribution in [2.75, 3.05) is 0 Å². The third kappa shape index (κ3) is 8.94. The zero-order valence-corrected chi connectivity index (χ0v) is 24.7. The minimum Gasteiger partial charge on any atom is -0.453 e. The van der Waals surface area contributed by atoms with Crippen molar-refractivity contribution in [3.05, 3.63) is 148 Å². The van der Waals surface area contributed by atoms with Gasteiger partial charge in [0.2, 0.25) is 0 Å². The number of carbonyl (C=O) groups excluding carboxylic acids is 1. The fraction of sp³-hybridized carbons (Fsp3) is 0.206. The van der Waals surface area contributed by atoms with Crippen molar-refractivity contribution >= 4 is 24.5 Å². The van der Waals surface area contributed by atoms with Crippen LogP contribution in [0.15, 0.2) is 85.0 Å². The van der Waals surface area contributed by atoms with E-state index in [1.165, 1.54) is 10.6 Å². The molecule has 198 valence electrons. The summed E-state index contributed by atoms with van der Waals surface area (Å²) in [5, 5.41) is 2.40. The van der Waals surface area contributed by atoms with Gasteiger partial charge in [0.05, 0.1) is 0 Å². The molecule has 10 radical (unpaired) electrons. The topological polar surface area (TPSA) is 26.3 Å². The monoisotopic (exact) mass is 564 g/mol. The van der Waals surface area contributed by atoms with E-state index >= 15 is 0 Å². The molecule has 2 aliphatic rings. The first-order chi connectivity index (χ1) is 17.8. The molecule has 0 spiro atoms. The number of hydrogen-bond acceptors (Lipinski definition) is 2. The SMILES string of the molecule is C=C(C(C)C)C(OC(=O)[C]1[CH][CH][CH][C]1P(c1ccccc1)c1ccccc1)C(=C)C(C)C.[CH]1[CH][CH][CH][CH]1.[Fe]. The third-order valence-electron chi connectivity index (χ3n) is 6.22. The van der Waals surface area contributed by atoms with Gasteiger partial charge in [-0.3, -0.25) is 4.79 Å². The van der Waals surface area contributed by atoms with Crippen molar-refractivity contribution in [2.24, 2.45) is 11.8 Å². The van der Waals surface area contributed by atoms with Crippen LogP contribution in [-0.2, 0) is 26.6 Å². The minimum absolute atomic E-state index is 0. The maximum atomic E-state index is 13.5. The second-order valence-electron chi connectivity index (χ2n) is 9.54. The first-order valence-electron chi connectivity index (χ1n) is 12.7. The van der Waals surface area contributed by atoms with Crippen LogP contribution in [0.5, 0.6) is 0 Å². The van der Waals surface area contributed by atoms with Gasteiger partial charge in [-0.05, 0) is 92.9 Å². The van der Waals surface area contributed by atoms with Gasteiger partial charge >= 0.3 is 5.97 Å². The van der Waals surface area contributed by atoms with Crippen LogP contribution in [0.1, 0.15) is 27.7 Å². The molecule has 0 bridgehead atoms. The predicted octanol–water partition coefficient (Wildman–Crippen LogP) is 7.21. The zero-order valence-electron chi connectivity index (χ0n) is 22.7. The molecule has 0 aliphatic heterocycles. The number of hydrogen-bond donors (Lipinski definition) is 0. The van der Waals surface area contributed by atoms with Crippen LogP contribution < -0.4 is 10.6 Å². The summed E-state index contributed by atoms with van der Waals surface area (Å²) in [5.74, 6) is 0.668. The van der Waals surface area contributed by atoms with Gasteiger partial charge in [0, 0.05) is 22.7 Å². The molecule has 2 fully saturated rings. The van der Waals surface area contributed by atoms with Crippen LogP contribution in [0.2, 0.25) is 0 Å². The molecule has 0 aromatic heterocycles. The van der Waals surface area contributed by atoms with Crippen molar-refractivity contribution in [2.45, 2.75) is 33.8 Å². The molecular formula is C34H37FeO2P. The van der Waals surface area contributed by atoms with Crippen LogP contribution in [0, 0.1) is 74.8 Å². The average Bonchev–Trinajstić information content (AvgIpc) is 3.64. The Bertz CT molecular complexity index is 931. The largest absolute Gasteiger partial charge is 0.453 e. The number of rotatable bonds is 9. The molecule has 0 saturated heterocycles. The van der Waals surface area contributed by atoms with Crippen LogP contribution in [0.3, 0.4) is 0 Å². The number of ether oxygens (including phenoxy) is 1. The van der Waals surface area contributed by atoms with E-state index in [9.17, 15) is 4.79 Å². The molecule has 38 heavy (non-hydrogen) atoms. The van der Waals surface area contributed by atoms with Gasteiger partial charge in [-0.15, -0.1) is 0 Å². The van der Waals surface area contributed by atoms with E-state index in [0.29, 0.717) is 5.92 Å². The maximum absolute atomic E-state index is 13.5. The Balaban J connectivity index is 0.000000756. The van der Waals surface area contributed by atoms with E-state index in [2.05, 4.69) is 65.1 Å². The molecule has 2 nitrogen and oxygen atoms in total. The number of esters is 1. The Kier molecular flexibility index (Phi) is 14.1. The predicted molar refractivity (Wildman–Crippen MR) is 158 cm³/mol. The second-order valence-corrected chi connectivity index (χ2v) is 11.7. The van der Waals surface area contributed by atoms with Gasteiger partial charge in [-0.2, -0.15) is 0 Å². The van der Waals surface area contributed by atoms with Crippen LogP contribution in [0.25, 0.3) is 0 Å². The Morgan fingerprint density at radius 2 is 1.11 bits per heavy atom. The van der Waals surface area contributed by atoms with Gasteiger partial charge in [0.15, 0.2) is 0 Å². The van der Waals surface area contributed by atoms with Gasteiger partial charge < -0.3 is 4.74 Å². The summed E-state index contributed by atoms with van der Waals surface area (Å²) in [6.07, 6.45) is 15.4. The summed E-state index contributed by atoms with van der Waals surface area (Å²) in [6.45, 7) is 16.7. The van der Waals surface area contributed by atoms with E-state index in [-0.39, 0.29) is 34.9 Å². The van der Waals surface area contributed by atoms with Gasteiger partial charge in [-0.1, -0.05) is 102 Å². The van der Waals surface area contributed by atoms with Crippen LogP contribution in [0.4, 0.5) is 0 Å². The molecule has 0 heterocycles. The van der Waals surface area contributed by atoms with E-state index in [1.54, 1.807) is 0 Å². The first kappa shape index (κ1) is 32.6. The molecule has 2 aromatic carbocycles. The Morgan fingerprint density at radius 3 is 1.50 bits per heavy atom. The van der Waals surface area contributed by atoms with E-state index < -0.39 is 14.0 Å². The van der Waals surface area contributed by atoms with Crippen molar-refractivity contribution < 1.29 is 26.6 Å². The summed E-state index contributed by atoms with van der Waals surface area (Å²) in [6, 6.07) is 20.7. The minimum atomic E-state index is -0.888. The molecular weight excluding hydrogens is 527 g/mol. The molecule has 2 aromatic rings. The molecule has 2 aliphatic carbocycles. The quantitative estimate of drug-likeness (QED) is 0.139. The van der Waals surface area contributed by atoms with E-state index in [4.69, 9.17) is 4.74 Å². The zero-order chi connectivity index (χ0) is 26.8.